The maximum Gasteiger partial charge on any atom is 0.225 e. The van der Waals surface area contributed by atoms with Gasteiger partial charge in [0.1, 0.15) is 22.8 Å². The molecule has 0 aliphatic rings. The van der Waals surface area contributed by atoms with Crippen LogP contribution in [0.2, 0.25) is 5.28 Å². The van der Waals surface area contributed by atoms with Gasteiger partial charge in [-0.05, 0) is 25.4 Å². The second kappa shape index (κ2) is 4.09. The molecule has 5 nitrogen and oxygen atoms in total. The molecule has 0 unspecified atom stereocenters. The lowest BCUT2D eigenvalue weighted by Crippen LogP contribution is -1.97. The van der Waals surface area contributed by atoms with Gasteiger partial charge in [0.25, 0.3) is 0 Å². The molecule has 0 bridgehead atoms. The zero-order chi connectivity index (χ0) is 11.7. The largest absolute Gasteiger partial charge is 0.492 e. The van der Waals surface area contributed by atoms with E-state index in [1.54, 1.807) is 0 Å². The first-order valence-corrected chi connectivity index (χ1v) is 5.21. The van der Waals surface area contributed by atoms with Crippen molar-refractivity contribution in [1.29, 1.82) is 0 Å². The van der Waals surface area contributed by atoms with Gasteiger partial charge in [0.2, 0.25) is 5.28 Å². The van der Waals surface area contributed by atoms with Crippen molar-refractivity contribution in [3.05, 3.63) is 23.4 Å². The van der Waals surface area contributed by atoms with E-state index in [1.807, 2.05) is 13.8 Å². The lowest BCUT2D eigenvalue weighted by molar-refractivity contribution is 0.298. The summed E-state index contributed by atoms with van der Waals surface area (Å²) in [4.78, 5) is 15.4. The number of nitrogens with one attached hydrogen (secondary N) is 1. The van der Waals surface area contributed by atoms with Crippen LogP contribution in [0.4, 0.5) is 0 Å². The van der Waals surface area contributed by atoms with Crippen LogP contribution < -0.4 is 0 Å². The molecular formula is C10H11ClN4O. The molecule has 84 valence electrons. The van der Waals surface area contributed by atoms with Crippen LogP contribution in [0.15, 0.2) is 6.58 Å². The fourth-order valence-electron chi connectivity index (χ4n) is 1.43. The molecule has 0 atom stereocenters. The maximum atomic E-state index is 5.80. The first-order chi connectivity index (χ1) is 7.61. The average Bonchev–Trinajstić information content (AvgIpc) is 2.57. The number of fused-ring (bicyclic) bond motifs is 1. The first kappa shape index (κ1) is 10.9. The van der Waals surface area contributed by atoms with Crippen LogP contribution in [0.1, 0.15) is 18.4 Å². The highest BCUT2D eigenvalue weighted by atomic mass is 35.5. The third-order valence-corrected chi connectivity index (χ3v) is 2.19. The summed E-state index contributed by atoms with van der Waals surface area (Å²) in [6, 6.07) is 0. The van der Waals surface area contributed by atoms with Gasteiger partial charge in [-0.3, -0.25) is 0 Å². The molecule has 1 N–H and O–H groups in total. The highest BCUT2D eigenvalue weighted by molar-refractivity contribution is 6.28. The number of aromatic amines is 1. The normalized spacial score (nSPS) is 10.7. The highest BCUT2D eigenvalue weighted by Gasteiger charge is 2.13. The average molecular weight is 239 g/mol. The summed E-state index contributed by atoms with van der Waals surface area (Å²) in [5.74, 6) is 1.21. The summed E-state index contributed by atoms with van der Waals surface area (Å²) in [7, 11) is 0. The number of halogens is 1. The van der Waals surface area contributed by atoms with Crippen molar-refractivity contribution >= 4 is 28.5 Å². The van der Waals surface area contributed by atoms with Crippen molar-refractivity contribution in [2.45, 2.75) is 13.8 Å². The van der Waals surface area contributed by atoms with Crippen molar-refractivity contribution in [3.63, 3.8) is 0 Å². The van der Waals surface area contributed by atoms with E-state index in [9.17, 15) is 0 Å². The van der Waals surface area contributed by atoms with Gasteiger partial charge in [-0.25, -0.2) is 9.97 Å². The van der Waals surface area contributed by atoms with Crippen LogP contribution >= 0.6 is 11.6 Å². The van der Waals surface area contributed by atoms with E-state index in [1.165, 1.54) is 0 Å². The Bertz CT molecular complexity index is 549. The van der Waals surface area contributed by atoms with Crippen LogP contribution in [0.25, 0.3) is 16.9 Å². The van der Waals surface area contributed by atoms with Gasteiger partial charge >= 0.3 is 0 Å². The predicted octanol–water partition coefficient (Wildman–Crippen LogP) is 2.32. The molecule has 0 aliphatic carbocycles. The second-order valence-electron chi connectivity index (χ2n) is 3.22. The molecule has 2 heterocycles. The molecule has 2 aromatic heterocycles. The van der Waals surface area contributed by atoms with Gasteiger partial charge < -0.3 is 9.72 Å². The van der Waals surface area contributed by atoms with Crippen molar-refractivity contribution in [2.24, 2.45) is 0 Å². The number of hydrogen-bond acceptors (Lipinski definition) is 4. The van der Waals surface area contributed by atoms with Crippen LogP contribution in [0.5, 0.6) is 0 Å². The molecule has 0 fully saturated rings. The zero-order valence-corrected chi connectivity index (χ0v) is 9.80. The van der Waals surface area contributed by atoms with E-state index in [4.69, 9.17) is 16.3 Å². The van der Waals surface area contributed by atoms with E-state index in [-0.39, 0.29) is 5.28 Å². The molecule has 0 saturated heterocycles. The Morgan fingerprint density at radius 3 is 2.88 bits per heavy atom. The van der Waals surface area contributed by atoms with Crippen LogP contribution in [-0.4, -0.2) is 26.5 Å². The highest BCUT2D eigenvalue weighted by Crippen LogP contribution is 2.21. The fraction of sp³-hybridized carbons (Fsp3) is 0.300. The van der Waals surface area contributed by atoms with E-state index < -0.39 is 0 Å². The summed E-state index contributed by atoms with van der Waals surface area (Å²) in [5.41, 5.74) is 1.77. The smallest absolute Gasteiger partial charge is 0.225 e. The molecule has 0 saturated carbocycles. The van der Waals surface area contributed by atoms with Gasteiger partial charge in [0, 0.05) is 0 Å². The molecule has 0 aromatic carbocycles. The molecule has 0 radical (unpaired) electrons. The van der Waals surface area contributed by atoms with Gasteiger partial charge in [-0.2, -0.15) is 4.98 Å². The van der Waals surface area contributed by atoms with E-state index in [2.05, 4.69) is 26.5 Å². The summed E-state index contributed by atoms with van der Waals surface area (Å²) in [6.45, 7) is 8.03. The number of hydrogen-bond donors (Lipinski definition) is 1. The molecule has 0 spiro atoms. The molecule has 2 rings (SSSR count). The van der Waals surface area contributed by atoms with Gasteiger partial charge in [-0.1, -0.05) is 6.58 Å². The summed E-state index contributed by atoms with van der Waals surface area (Å²) in [5, 5.41) is 0.134. The minimum absolute atomic E-state index is 0.134. The monoisotopic (exact) mass is 238 g/mol. The number of aryl methyl sites for hydroxylation is 1. The van der Waals surface area contributed by atoms with Crippen molar-refractivity contribution in [2.75, 3.05) is 6.61 Å². The molecular weight excluding hydrogens is 228 g/mol. The lowest BCUT2D eigenvalue weighted by Gasteiger charge is -2.06. The molecule has 6 heteroatoms. The van der Waals surface area contributed by atoms with E-state index in [0.717, 1.165) is 5.82 Å². The Kier molecular flexibility index (Phi) is 2.78. The van der Waals surface area contributed by atoms with Crippen LogP contribution in [0, 0.1) is 6.92 Å². The number of imidazole rings is 1. The lowest BCUT2D eigenvalue weighted by atomic mass is 10.3. The van der Waals surface area contributed by atoms with Crippen molar-refractivity contribution in [3.8, 4) is 0 Å². The van der Waals surface area contributed by atoms with Crippen LogP contribution in [0.3, 0.4) is 0 Å². The predicted molar refractivity (Wildman–Crippen MR) is 62.1 cm³/mol. The quantitative estimate of drug-likeness (QED) is 0.658. The Balaban J connectivity index is 2.62. The molecule has 0 aliphatic heterocycles. The molecule has 0 amide bonds. The minimum atomic E-state index is 0.134. The Hall–Kier alpha value is -1.62. The third-order valence-electron chi connectivity index (χ3n) is 2.02. The standard InChI is InChI=1S/C10H11ClN4O/c1-4-16-5(2)7-8-9(13-6(3)12-8)15-10(11)14-7/h2,4H2,1,3H3,(H,12,13,14,15). The maximum absolute atomic E-state index is 5.80. The SMILES string of the molecule is C=C(OCC)c1nc(Cl)nc2nc(C)[nH]c12. The first-order valence-electron chi connectivity index (χ1n) is 4.83. The van der Waals surface area contributed by atoms with E-state index >= 15 is 0 Å². The Morgan fingerprint density at radius 1 is 1.44 bits per heavy atom. The number of nitrogens with zero attached hydrogens (tertiary/aromatic N) is 3. The summed E-state index contributed by atoms with van der Waals surface area (Å²) in [6.07, 6.45) is 0. The van der Waals surface area contributed by atoms with Gasteiger partial charge in [0.05, 0.1) is 6.61 Å². The Labute approximate surface area is 97.5 Å². The zero-order valence-electron chi connectivity index (χ0n) is 9.04. The Morgan fingerprint density at radius 2 is 2.19 bits per heavy atom. The van der Waals surface area contributed by atoms with E-state index in [0.29, 0.717) is 29.2 Å². The van der Waals surface area contributed by atoms with Gasteiger partial charge in [0.15, 0.2) is 5.65 Å². The summed E-state index contributed by atoms with van der Waals surface area (Å²) < 4.78 is 5.31. The fourth-order valence-corrected chi connectivity index (χ4v) is 1.59. The molecule has 2 aromatic rings. The van der Waals surface area contributed by atoms with Crippen molar-refractivity contribution < 1.29 is 4.74 Å². The minimum Gasteiger partial charge on any atom is -0.492 e. The number of H-pyrrole nitrogens is 1. The van der Waals surface area contributed by atoms with Gasteiger partial charge in [-0.15, -0.1) is 0 Å². The number of rotatable bonds is 3. The topological polar surface area (TPSA) is 63.7 Å². The summed E-state index contributed by atoms with van der Waals surface area (Å²) >= 11 is 5.80. The number of aromatic nitrogens is 4. The van der Waals surface area contributed by atoms with Crippen molar-refractivity contribution in [1.82, 2.24) is 19.9 Å². The third kappa shape index (κ3) is 1.86. The molecule has 16 heavy (non-hydrogen) atoms. The van der Waals surface area contributed by atoms with Crippen LogP contribution in [-0.2, 0) is 4.74 Å². The second-order valence-corrected chi connectivity index (χ2v) is 3.56. The number of ether oxygens (including phenoxy) is 1.